The highest BCUT2D eigenvalue weighted by atomic mass is 32.1. The smallest absolute Gasteiger partial charge is 0.225 e. The number of aliphatic hydroxyl groups is 1. The fraction of sp³-hybridized carbons (Fsp3) is 0.308. The number of hydrogen-bond donors (Lipinski definition) is 2. The molecule has 0 aliphatic heterocycles. The quantitative estimate of drug-likeness (QED) is 0.884. The summed E-state index contributed by atoms with van der Waals surface area (Å²) >= 11 is 3.08. The number of carbonyl (C=O) groups is 1. The van der Waals surface area contributed by atoms with Gasteiger partial charge in [0.1, 0.15) is 6.10 Å². The zero-order valence-corrected chi connectivity index (χ0v) is 11.7. The summed E-state index contributed by atoms with van der Waals surface area (Å²) in [5.41, 5.74) is 1.07. The van der Waals surface area contributed by atoms with E-state index < -0.39 is 6.10 Å². The van der Waals surface area contributed by atoms with Crippen LogP contribution >= 0.6 is 22.7 Å². The number of aliphatic hydroxyl groups excluding tert-OH is 1. The minimum absolute atomic E-state index is 0.0503. The largest absolute Gasteiger partial charge is 0.386 e. The zero-order valence-electron chi connectivity index (χ0n) is 10.1. The summed E-state index contributed by atoms with van der Waals surface area (Å²) in [5, 5.41) is 16.6. The lowest BCUT2D eigenvalue weighted by molar-refractivity contribution is -0.120. The Labute approximate surface area is 114 Å². The third-order valence-electron chi connectivity index (χ3n) is 2.61. The summed E-state index contributed by atoms with van der Waals surface area (Å²) in [6.07, 6.45) is -0.231. The Kier molecular flexibility index (Phi) is 4.52. The van der Waals surface area contributed by atoms with Crippen molar-refractivity contribution in [3.8, 4) is 0 Å². The Morgan fingerprint density at radius 1 is 1.39 bits per heavy atom. The van der Waals surface area contributed by atoms with Gasteiger partial charge in [-0.1, -0.05) is 6.07 Å². The molecule has 18 heavy (non-hydrogen) atoms. The van der Waals surface area contributed by atoms with Crippen molar-refractivity contribution >= 4 is 28.6 Å². The minimum atomic E-state index is -0.614. The molecule has 0 saturated carbocycles. The molecule has 3 nitrogen and oxygen atoms in total. The molecule has 1 atom stereocenters. The van der Waals surface area contributed by atoms with Crippen molar-refractivity contribution < 1.29 is 9.90 Å². The molecule has 2 rings (SSSR count). The van der Waals surface area contributed by atoms with Crippen LogP contribution in [0.3, 0.4) is 0 Å². The highest BCUT2D eigenvalue weighted by Gasteiger charge is 2.13. The normalized spacial score (nSPS) is 12.3. The van der Waals surface area contributed by atoms with E-state index in [4.69, 9.17) is 0 Å². The van der Waals surface area contributed by atoms with Crippen molar-refractivity contribution in [1.29, 1.82) is 0 Å². The zero-order chi connectivity index (χ0) is 13.0. The predicted octanol–water partition coefficient (Wildman–Crippen LogP) is 2.51. The van der Waals surface area contributed by atoms with Crippen LogP contribution in [0.4, 0.5) is 0 Å². The first-order valence-electron chi connectivity index (χ1n) is 5.68. The molecule has 2 N–H and O–H groups in total. The van der Waals surface area contributed by atoms with Crippen molar-refractivity contribution in [2.45, 2.75) is 19.4 Å². The van der Waals surface area contributed by atoms with Gasteiger partial charge in [-0.25, -0.2) is 0 Å². The molecule has 1 amide bonds. The monoisotopic (exact) mass is 281 g/mol. The van der Waals surface area contributed by atoms with E-state index in [1.54, 1.807) is 11.3 Å². The van der Waals surface area contributed by atoms with E-state index in [0.717, 1.165) is 15.3 Å². The molecule has 0 fully saturated rings. The van der Waals surface area contributed by atoms with Crippen molar-refractivity contribution in [2.75, 3.05) is 6.54 Å². The van der Waals surface area contributed by atoms with Gasteiger partial charge in [0.05, 0.1) is 6.42 Å². The topological polar surface area (TPSA) is 49.3 Å². The highest BCUT2D eigenvalue weighted by Crippen LogP contribution is 2.23. The van der Waals surface area contributed by atoms with Crippen LogP contribution < -0.4 is 5.32 Å². The first kappa shape index (κ1) is 13.3. The average molecular weight is 281 g/mol. The summed E-state index contributed by atoms with van der Waals surface area (Å²) in [6, 6.07) is 5.83. The van der Waals surface area contributed by atoms with E-state index in [9.17, 15) is 9.90 Å². The first-order valence-corrected chi connectivity index (χ1v) is 7.44. The standard InChI is InChI=1S/C13H15NO2S2/c1-9-4-6-18-13(9)11(15)8-14-12(16)7-10-3-2-5-17-10/h2-6,11,15H,7-8H2,1H3,(H,14,16)/t11-/m1/s1. The van der Waals surface area contributed by atoms with Gasteiger partial charge < -0.3 is 10.4 Å². The summed E-state index contributed by atoms with van der Waals surface area (Å²) in [4.78, 5) is 13.6. The second-order valence-electron chi connectivity index (χ2n) is 4.04. The molecule has 0 spiro atoms. The molecule has 0 saturated heterocycles. The third-order valence-corrected chi connectivity index (χ3v) is 4.61. The second-order valence-corrected chi connectivity index (χ2v) is 6.02. The van der Waals surface area contributed by atoms with Gasteiger partial charge in [-0.2, -0.15) is 0 Å². The maximum atomic E-state index is 11.7. The van der Waals surface area contributed by atoms with Gasteiger partial charge in [0.15, 0.2) is 0 Å². The molecule has 0 aromatic carbocycles. The van der Waals surface area contributed by atoms with E-state index in [1.807, 2.05) is 35.9 Å². The number of thiophene rings is 2. The van der Waals surface area contributed by atoms with Crippen LogP contribution in [0.2, 0.25) is 0 Å². The van der Waals surface area contributed by atoms with Crippen LogP contribution in [0.25, 0.3) is 0 Å². The predicted molar refractivity (Wildman–Crippen MR) is 75.0 cm³/mol. The Morgan fingerprint density at radius 2 is 2.22 bits per heavy atom. The molecule has 2 aromatic rings. The number of aryl methyl sites for hydroxylation is 1. The Balaban J connectivity index is 1.81. The van der Waals surface area contributed by atoms with E-state index >= 15 is 0 Å². The van der Waals surface area contributed by atoms with E-state index in [0.29, 0.717) is 6.42 Å². The molecule has 0 bridgehead atoms. The molecule has 2 aromatic heterocycles. The van der Waals surface area contributed by atoms with Crippen molar-refractivity contribution in [3.63, 3.8) is 0 Å². The highest BCUT2D eigenvalue weighted by molar-refractivity contribution is 7.10. The van der Waals surface area contributed by atoms with Gasteiger partial charge in [-0.05, 0) is 35.4 Å². The summed E-state index contributed by atoms with van der Waals surface area (Å²) < 4.78 is 0. The number of amides is 1. The van der Waals surface area contributed by atoms with Gasteiger partial charge in [0, 0.05) is 16.3 Å². The molecular weight excluding hydrogens is 266 g/mol. The SMILES string of the molecule is Cc1ccsc1[C@H](O)CNC(=O)Cc1cccs1. The van der Waals surface area contributed by atoms with Crippen LogP contribution in [0.15, 0.2) is 29.0 Å². The Bertz CT molecular complexity index is 505. The van der Waals surface area contributed by atoms with Crippen molar-refractivity contribution in [3.05, 3.63) is 44.3 Å². The molecule has 0 aliphatic rings. The van der Waals surface area contributed by atoms with Crippen LogP contribution in [0, 0.1) is 6.92 Å². The summed E-state index contributed by atoms with van der Waals surface area (Å²) in [5.74, 6) is -0.0503. The maximum Gasteiger partial charge on any atom is 0.225 e. The summed E-state index contributed by atoms with van der Waals surface area (Å²) in [6.45, 7) is 2.23. The molecule has 2 heterocycles. The fourth-order valence-corrected chi connectivity index (χ4v) is 3.28. The van der Waals surface area contributed by atoms with E-state index in [1.165, 1.54) is 11.3 Å². The van der Waals surface area contributed by atoms with Crippen LogP contribution in [0.5, 0.6) is 0 Å². The Hall–Kier alpha value is -1.17. The van der Waals surface area contributed by atoms with Crippen LogP contribution in [0.1, 0.15) is 21.4 Å². The van der Waals surface area contributed by atoms with E-state index in [2.05, 4.69) is 5.32 Å². The number of hydrogen-bond acceptors (Lipinski definition) is 4. The molecular formula is C13H15NO2S2. The molecule has 96 valence electrons. The van der Waals surface area contributed by atoms with Gasteiger partial charge in [-0.3, -0.25) is 4.79 Å². The number of rotatable bonds is 5. The van der Waals surface area contributed by atoms with Gasteiger partial charge in [-0.15, -0.1) is 22.7 Å². The molecule has 0 radical (unpaired) electrons. The number of carbonyl (C=O) groups excluding carboxylic acids is 1. The van der Waals surface area contributed by atoms with Gasteiger partial charge in [0.2, 0.25) is 5.91 Å². The maximum absolute atomic E-state index is 11.7. The lowest BCUT2D eigenvalue weighted by Gasteiger charge is -2.11. The van der Waals surface area contributed by atoms with E-state index in [-0.39, 0.29) is 12.5 Å². The summed E-state index contributed by atoms with van der Waals surface area (Å²) in [7, 11) is 0. The molecule has 5 heteroatoms. The van der Waals surface area contributed by atoms with Crippen molar-refractivity contribution in [2.24, 2.45) is 0 Å². The second kappa shape index (κ2) is 6.13. The Morgan fingerprint density at radius 3 is 2.83 bits per heavy atom. The number of nitrogens with one attached hydrogen (secondary N) is 1. The lowest BCUT2D eigenvalue weighted by Crippen LogP contribution is -2.29. The molecule has 0 aliphatic carbocycles. The van der Waals surface area contributed by atoms with Gasteiger partial charge in [0.25, 0.3) is 0 Å². The first-order chi connectivity index (χ1) is 8.66. The van der Waals surface area contributed by atoms with Crippen molar-refractivity contribution in [1.82, 2.24) is 5.32 Å². The average Bonchev–Trinajstić information content (AvgIpc) is 2.97. The molecule has 0 unspecified atom stereocenters. The van der Waals surface area contributed by atoms with Crippen LogP contribution in [-0.4, -0.2) is 17.6 Å². The minimum Gasteiger partial charge on any atom is -0.386 e. The van der Waals surface area contributed by atoms with Gasteiger partial charge >= 0.3 is 0 Å². The lowest BCUT2D eigenvalue weighted by atomic mass is 10.2. The van der Waals surface area contributed by atoms with Crippen LogP contribution in [-0.2, 0) is 11.2 Å². The fourth-order valence-electron chi connectivity index (χ4n) is 1.66. The third kappa shape index (κ3) is 3.41.